The average Bonchev–Trinajstić information content (AvgIpc) is 2.67. The predicted molar refractivity (Wildman–Crippen MR) is 75.2 cm³/mol. The Bertz CT molecular complexity index is 470. The van der Waals surface area contributed by atoms with Crippen molar-refractivity contribution in [3.05, 3.63) is 40.8 Å². The van der Waals surface area contributed by atoms with Crippen LogP contribution in [0.2, 0.25) is 0 Å². The van der Waals surface area contributed by atoms with Gasteiger partial charge in [-0.25, -0.2) is 0 Å². The molecule has 1 aliphatic rings. The van der Waals surface area contributed by atoms with Crippen LogP contribution >= 0.6 is 11.8 Å². The molecule has 2 unspecified atom stereocenters. The summed E-state index contributed by atoms with van der Waals surface area (Å²) in [7, 11) is 0. The van der Waals surface area contributed by atoms with Gasteiger partial charge in [0.05, 0.1) is 5.92 Å². The Morgan fingerprint density at radius 3 is 2.61 bits per heavy atom. The molecule has 4 heteroatoms. The molecule has 0 saturated carbocycles. The summed E-state index contributed by atoms with van der Waals surface area (Å²) in [6.45, 7) is 2.52. The standard InChI is InChI=1S/C14H17NO2S/c1-9-12(10-5-3-2-4-6-10)13(14(16)17)11(18-9)7-8-15/h2-6,11,13H,7-8,15H2,1H3,(H,16,17). The van der Waals surface area contributed by atoms with E-state index in [1.807, 2.05) is 37.3 Å². The number of thioether (sulfide) groups is 1. The van der Waals surface area contributed by atoms with Crippen molar-refractivity contribution in [1.82, 2.24) is 0 Å². The van der Waals surface area contributed by atoms with Crippen LogP contribution in [0.5, 0.6) is 0 Å². The number of allylic oxidation sites excluding steroid dienone is 1. The normalized spacial score (nSPS) is 23.4. The molecule has 1 aliphatic heterocycles. The van der Waals surface area contributed by atoms with Gasteiger partial charge in [0.25, 0.3) is 0 Å². The smallest absolute Gasteiger partial charge is 0.312 e. The minimum absolute atomic E-state index is 0.0581. The molecule has 0 saturated heterocycles. The third-order valence-corrected chi connectivity index (χ3v) is 4.58. The molecule has 2 atom stereocenters. The van der Waals surface area contributed by atoms with Gasteiger partial charge in [0, 0.05) is 5.25 Å². The maximum atomic E-state index is 11.5. The molecule has 0 radical (unpaired) electrons. The highest BCUT2D eigenvalue weighted by Gasteiger charge is 2.38. The first kappa shape index (κ1) is 13.2. The van der Waals surface area contributed by atoms with Gasteiger partial charge < -0.3 is 10.8 Å². The number of nitrogens with two attached hydrogens (primary N) is 1. The number of benzene rings is 1. The lowest BCUT2D eigenvalue weighted by molar-refractivity contribution is -0.139. The molecule has 0 amide bonds. The highest BCUT2D eigenvalue weighted by atomic mass is 32.2. The van der Waals surface area contributed by atoms with Gasteiger partial charge in [0.2, 0.25) is 0 Å². The minimum Gasteiger partial charge on any atom is -0.481 e. The van der Waals surface area contributed by atoms with E-state index in [9.17, 15) is 9.90 Å². The summed E-state index contributed by atoms with van der Waals surface area (Å²) in [6, 6.07) is 9.76. The van der Waals surface area contributed by atoms with E-state index in [1.54, 1.807) is 11.8 Å². The van der Waals surface area contributed by atoms with Crippen molar-refractivity contribution in [2.24, 2.45) is 11.7 Å². The Balaban J connectivity index is 2.38. The van der Waals surface area contributed by atoms with Gasteiger partial charge in [0.15, 0.2) is 0 Å². The van der Waals surface area contributed by atoms with Gasteiger partial charge in [-0.3, -0.25) is 4.79 Å². The molecule has 0 aliphatic carbocycles. The minimum atomic E-state index is -0.753. The lowest BCUT2D eigenvalue weighted by atomic mass is 9.88. The maximum Gasteiger partial charge on any atom is 0.312 e. The van der Waals surface area contributed by atoms with Crippen LogP contribution in [0.1, 0.15) is 18.9 Å². The van der Waals surface area contributed by atoms with Crippen LogP contribution in [0.4, 0.5) is 0 Å². The predicted octanol–water partition coefficient (Wildman–Crippen LogP) is 2.58. The molecule has 1 heterocycles. The quantitative estimate of drug-likeness (QED) is 0.876. The van der Waals surface area contributed by atoms with Crippen LogP contribution in [-0.2, 0) is 4.79 Å². The first-order valence-electron chi connectivity index (χ1n) is 6.01. The third-order valence-electron chi connectivity index (χ3n) is 3.19. The third kappa shape index (κ3) is 2.44. The van der Waals surface area contributed by atoms with Crippen molar-refractivity contribution in [1.29, 1.82) is 0 Å². The van der Waals surface area contributed by atoms with Gasteiger partial charge in [-0.2, -0.15) is 0 Å². The number of carbonyl (C=O) groups is 1. The number of hydrogen-bond acceptors (Lipinski definition) is 3. The van der Waals surface area contributed by atoms with Crippen molar-refractivity contribution in [2.75, 3.05) is 6.54 Å². The number of carboxylic acid groups (broad SMARTS) is 1. The molecule has 96 valence electrons. The molecule has 3 N–H and O–H groups in total. The van der Waals surface area contributed by atoms with Gasteiger partial charge in [-0.05, 0) is 35.9 Å². The zero-order chi connectivity index (χ0) is 13.1. The molecule has 0 aromatic heterocycles. The van der Waals surface area contributed by atoms with Gasteiger partial charge >= 0.3 is 5.97 Å². The number of rotatable bonds is 4. The van der Waals surface area contributed by atoms with Crippen molar-refractivity contribution in [2.45, 2.75) is 18.6 Å². The monoisotopic (exact) mass is 263 g/mol. The van der Waals surface area contributed by atoms with E-state index in [1.165, 1.54) is 0 Å². The summed E-state index contributed by atoms with van der Waals surface area (Å²) >= 11 is 1.65. The maximum absolute atomic E-state index is 11.5. The summed E-state index contributed by atoms with van der Waals surface area (Å²) < 4.78 is 0. The van der Waals surface area contributed by atoms with E-state index < -0.39 is 11.9 Å². The zero-order valence-electron chi connectivity index (χ0n) is 10.3. The van der Waals surface area contributed by atoms with Crippen LogP contribution in [0, 0.1) is 5.92 Å². The molecule has 1 aromatic carbocycles. The topological polar surface area (TPSA) is 63.3 Å². The van der Waals surface area contributed by atoms with E-state index in [4.69, 9.17) is 5.73 Å². The zero-order valence-corrected chi connectivity index (χ0v) is 11.1. The van der Waals surface area contributed by atoms with E-state index in [-0.39, 0.29) is 5.25 Å². The lowest BCUT2D eigenvalue weighted by Gasteiger charge is -2.17. The molecule has 18 heavy (non-hydrogen) atoms. The van der Waals surface area contributed by atoms with Crippen molar-refractivity contribution < 1.29 is 9.90 Å². The molecular weight excluding hydrogens is 246 g/mol. The van der Waals surface area contributed by atoms with E-state index in [0.717, 1.165) is 22.5 Å². The second kappa shape index (κ2) is 5.59. The van der Waals surface area contributed by atoms with E-state index in [0.29, 0.717) is 6.54 Å². The fourth-order valence-corrected chi connectivity index (χ4v) is 3.90. The Labute approximate surface area is 111 Å². The molecule has 2 rings (SSSR count). The Hall–Kier alpha value is -1.26. The summed E-state index contributed by atoms with van der Waals surface area (Å²) in [5.41, 5.74) is 7.53. The number of carboxylic acids is 1. The van der Waals surface area contributed by atoms with Crippen LogP contribution in [0.3, 0.4) is 0 Å². The summed E-state index contributed by atoms with van der Waals surface area (Å²) in [5, 5.41) is 9.53. The molecule has 0 bridgehead atoms. The fraction of sp³-hybridized carbons (Fsp3) is 0.357. The second-order valence-corrected chi connectivity index (χ2v) is 5.84. The Morgan fingerprint density at radius 1 is 1.39 bits per heavy atom. The van der Waals surface area contributed by atoms with Gasteiger partial charge in [-0.15, -0.1) is 11.8 Å². The summed E-state index contributed by atoms with van der Waals surface area (Å²) in [6.07, 6.45) is 0.731. The van der Waals surface area contributed by atoms with Crippen molar-refractivity contribution in [3.8, 4) is 0 Å². The fourth-order valence-electron chi connectivity index (χ4n) is 2.44. The second-order valence-electron chi connectivity index (χ2n) is 4.39. The highest BCUT2D eigenvalue weighted by molar-refractivity contribution is 8.04. The van der Waals surface area contributed by atoms with Crippen LogP contribution in [0.25, 0.3) is 5.57 Å². The SMILES string of the molecule is CC1=C(c2ccccc2)C(C(=O)O)C(CCN)S1. The molecular formula is C14H17NO2S. The van der Waals surface area contributed by atoms with E-state index in [2.05, 4.69) is 0 Å². The van der Waals surface area contributed by atoms with Crippen molar-refractivity contribution in [3.63, 3.8) is 0 Å². The van der Waals surface area contributed by atoms with Crippen LogP contribution in [-0.4, -0.2) is 22.9 Å². The summed E-state index contributed by atoms with van der Waals surface area (Å²) in [5.74, 6) is -1.20. The molecule has 0 spiro atoms. The highest BCUT2D eigenvalue weighted by Crippen LogP contribution is 2.47. The van der Waals surface area contributed by atoms with Crippen LogP contribution < -0.4 is 5.73 Å². The average molecular weight is 263 g/mol. The number of aliphatic carboxylic acids is 1. The molecule has 3 nitrogen and oxygen atoms in total. The Morgan fingerprint density at radius 2 is 2.06 bits per heavy atom. The van der Waals surface area contributed by atoms with Crippen molar-refractivity contribution >= 4 is 23.3 Å². The summed E-state index contributed by atoms with van der Waals surface area (Å²) in [4.78, 5) is 12.6. The van der Waals surface area contributed by atoms with E-state index >= 15 is 0 Å². The molecule has 0 fully saturated rings. The lowest BCUT2D eigenvalue weighted by Crippen LogP contribution is -2.25. The van der Waals surface area contributed by atoms with Crippen LogP contribution in [0.15, 0.2) is 35.2 Å². The first-order valence-corrected chi connectivity index (χ1v) is 6.89. The molecule has 1 aromatic rings. The Kier molecular flexibility index (Phi) is 4.09. The van der Waals surface area contributed by atoms with Gasteiger partial charge in [0.1, 0.15) is 0 Å². The largest absolute Gasteiger partial charge is 0.481 e. The van der Waals surface area contributed by atoms with Gasteiger partial charge in [-0.1, -0.05) is 30.3 Å². The first-order chi connectivity index (χ1) is 8.65. The number of hydrogen-bond donors (Lipinski definition) is 2.